The van der Waals surface area contributed by atoms with Gasteiger partial charge in [0.15, 0.2) is 5.13 Å². The Bertz CT molecular complexity index is 1370. The second kappa shape index (κ2) is 12.9. The summed E-state index contributed by atoms with van der Waals surface area (Å²) in [5, 5.41) is 5.55. The van der Waals surface area contributed by atoms with Gasteiger partial charge in [0.1, 0.15) is 24.5 Å². The van der Waals surface area contributed by atoms with Crippen LogP contribution < -0.4 is 10.2 Å². The Balaban J connectivity index is 1.33. The molecule has 0 aliphatic carbocycles. The Hall–Kier alpha value is -3.08. The number of nitrogens with zero attached hydrogens (tertiary/aromatic N) is 4. The van der Waals surface area contributed by atoms with Gasteiger partial charge in [0.2, 0.25) is 11.7 Å². The molecule has 1 N–H and O–H groups in total. The molecule has 2 amide bonds. The van der Waals surface area contributed by atoms with Gasteiger partial charge in [-0.05, 0) is 37.6 Å². The van der Waals surface area contributed by atoms with Gasteiger partial charge in [-0.15, -0.1) is 17.8 Å². The number of carbonyl (C=O) groups excluding carboxylic acids is 2. The van der Waals surface area contributed by atoms with Crippen LogP contribution in [0.5, 0.6) is 0 Å². The van der Waals surface area contributed by atoms with Crippen LogP contribution in [0.3, 0.4) is 0 Å². The standard InChI is InChI=1S/C31H40FN5O5S/c1-7-20-16-37(27-26(20)42-18-31(27,40-5)41-6)29(39)24(14-19(2)3)33-28(38)21-8-9-22(23(32)15-21)25-17-43-30(34-25)36-12-10-35(4)11-13-36/h1,8-9,15,17,19-20,24,26-27H,10-14,16,18H2,2-6H3,(H,33,38)/t20?,24?,26-,27+/m1/s1. The minimum Gasteiger partial charge on any atom is -0.369 e. The molecule has 4 heterocycles. The van der Waals surface area contributed by atoms with Crippen LogP contribution in [0.4, 0.5) is 9.52 Å². The number of hydrogen-bond donors (Lipinski definition) is 1. The predicted octanol–water partition coefficient (Wildman–Crippen LogP) is 2.69. The highest BCUT2D eigenvalue weighted by Crippen LogP contribution is 2.41. The number of halogens is 1. The molecule has 232 valence electrons. The molecule has 3 fully saturated rings. The highest BCUT2D eigenvalue weighted by Gasteiger charge is 2.61. The van der Waals surface area contributed by atoms with Gasteiger partial charge in [-0.2, -0.15) is 0 Å². The van der Waals surface area contributed by atoms with Crippen molar-refractivity contribution in [3.63, 3.8) is 0 Å². The number of hydrogen-bond acceptors (Lipinski definition) is 9. The fraction of sp³-hybridized carbons (Fsp3) is 0.581. The van der Waals surface area contributed by atoms with Crippen molar-refractivity contribution in [2.75, 3.05) is 65.5 Å². The fourth-order valence-corrected chi connectivity index (χ4v) is 7.05. The van der Waals surface area contributed by atoms with Gasteiger partial charge in [0, 0.05) is 63.5 Å². The molecule has 4 atom stereocenters. The number of likely N-dealkylation sites (tertiary alicyclic amines) is 1. The number of rotatable bonds is 9. The van der Waals surface area contributed by atoms with E-state index in [9.17, 15) is 9.59 Å². The average molecular weight is 614 g/mol. The molecular weight excluding hydrogens is 573 g/mol. The van der Waals surface area contributed by atoms with Crippen LogP contribution in [0, 0.1) is 30.0 Å². The first-order valence-corrected chi connectivity index (χ1v) is 15.5. The maximum absolute atomic E-state index is 15.4. The molecule has 0 spiro atoms. The predicted molar refractivity (Wildman–Crippen MR) is 162 cm³/mol. The SMILES string of the molecule is C#CC1CN(C(=O)C(CC(C)C)NC(=O)c2ccc(-c3csc(N4CCN(C)CC4)n3)c(F)c2)[C@H]2[C@@H]1OCC2(OC)OC. The summed E-state index contributed by atoms with van der Waals surface area (Å²) in [7, 11) is 5.10. The molecule has 2 aromatic rings. The van der Waals surface area contributed by atoms with Gasteiger partial charge in [-0.3, -0.25) is 9.59 Å². The van der Waals surface area contributed by atoms with E-state index in [2.05, 4.69) is 33.1 Å². The van der Waals surface area contributed by atoms with Crippen LogP contribution in [-0.4, -0.2) is 111 Å². The minimum absolute atomic E-state index is 0.0868. The summed E-state index contributed by atoms with van der Waals surface area (Å²) in [6, 6.07) is 2.88. The lowest BCUT2D eigenvalue weighted by Gasteiger charge is -2.37. The Morgan fingerprint density at radius 2 is 1.98 bits per heavy atom. The van der Waals surface area contributed by atoms with E-state index in [1.807, 2.05) is 19.2 Å². The number of fused-ring (bicyclic) bond motifs is 1. The zero-order valence-electron chi connectivity index (χ0n) is 25.3. The van der Waals surface area contributed by atoms with Gasteiger partial charge in [-0.25, -0.2) is 9.37 Å². The van der Waals surface area contributed by atoms with E-state index in [1.54, 1.807) is 17.0 Å². The topological polar surface area (TPSA) is 96.5 Å². The maximum atomic E-state index is 15.4. The molecule has 0 radical (unpaired) electrons. The van der Waals surface area contributed by atoms with Crippen molar-refractivity contribution < 1.29 is 28.2 Å². The molecule has 3 aliphatic heterocycles. The number of ether oxygens (including phenoxy) is 3. The monoisotopic (exact) mass is 613 g/mol. The van der Waals surface area contributed by atoms with E-state index in [4.69, 9.17) is 20.6 Å². The van der Waals surface area contributed by atoms with Gasteiger partial charge in [-0.1, -0.05) is 19.8 Å². The first-order valence-electron chi connectivity index (χ1n) is 14.6. The van der Waals surface area contributed by atoms with Gasteiger partial charge < -0.3 is 34.2 Å². The Labute approximate surface area is 256 Å². The average Bonchev–Trinajstić information content (AvgIpc) is 3.72. The van der Waals surface area contributed by atoms with Crippen molar-refractivity contribution in [3.05, 3.63) is 35.0 Å². The van der Waals surface area contributed by atoms with E-state index >= 15 is 4.39 Å². The largest absolute Gasteiger partial charge is 0.369 e. The molecule has 12 heteroatoms. The van der Waals surface area contributed by atoms with Crippen LogP contribution in [0.2, 0.25) is 0 Å². The molecule has 10 nitrogen and oxygen atoms in total. The molecule has 3 saturated heterocycles. The molecule has 5 rings (SSSR count). The number of terminal acetylenes is 1. The first kappa shape index (κ1) is 31.3. The minimum atomic E-state index is -1.17. The van der Waals surface area contributed by atoms with Gasteiger partial charge in [0.25, 0.3) is 5.91 Å². The van der Waals surface area contributed by atoms with Crippen molar-refractivity contribution >= 4 is 28.3 Å². The highest BCUT2D eigenvalue weighted by molar-refractivity contribution is 7.14. The quantitative estimate of drug-likeness (QED) is 0.341. The van der Waals surface area contributed by atoms with E-state index in [0.717, 1.165) is 31.3 Å². The van der Waals surface area contributed by atoms with Crippen LogP contribution in [0.15, 0.2) is 23.6 Å². The second-order valence-electron chi connectivity index (χ2n) is 11.9. The van der Waals surface area contributed by atoms with Crippen LogP contribution >= 0.6 is 11.3 Å². The number of carbonyl (C=O) groups is 2. The number of thiazole rings is 1. The number of benzene rings is 1. The van der Waals surface area contributed by atoms with Crippen LogP contribution in [0.25, 0.3) is 11.3 Å². The summed E-state index contributed by atoms with van der Waals surface area (Å²) < 4.78 is 32.7. The van der Waals surface area contributed by atoms with E-state index in [0.29, 0.717) is 17.7 Å². The lowest BCUT2D eigenvalue weighted by molar-refractivity contribution is -0.227. The number of amides is 2. The van der Waals surface area contributed by atoms with Gasteiger partial charge >= 0.3 is 0 Å². The highest BCUT2D eigenvalue weighted by atomic mass is 32.1. The number of aromatic nitrogens is 1. The maximum Gasteiger partial charge on any atom is 0.252 e. The summed E-state index contributed by atoms with van der Waals surface area (Å²) in [6.45, 7) is 7.94. The molecule has 1 aromatic heterocycles. The van der Waals surface area contributed by atoms with E-state index < -0.39 is 35.7 Å². The van der Waals surface area contributed by atoms with Crippen LogP contribution in [-0.2, 0) is 19.0 Å². The van der Waals surface area contributed by atoms with E-state index in [1.165, 1.54) is 31.6 Å². The zero-order chi connectivity index (χ0) is 30.9. The molecule has 0 saturated carbocycles. The fourth-order valence-electron chi connectivity index (χ4n) is 6.17. The van der Waals surface area contributed by atoms with Crippen molar-refractivity contribution in [1.29, 1.82) is 0 Å². The third-order valence-corrected chi connectivity index (χ3v) is 9.54. The van der Waals surface area contributed by atoms with Crippen LogP contribution in [0.1, 0.15) is 30.6 Å². The summed E-state index contributed by atoms with van der Waals surface area (Å²) in [5.74, 6) is -0.106. The molecule has 43 heavy (non-hydrogen) atoms. The number of methoxy groups -OCH3 is 2. The van der Waals surface area contributed by atoms with Crippen molar-refractivity contribution in [2.24, 2.45) is 11.8 Å². The normalized spacial score (nSPS) is 24.2. The smallest absolute Gasteiger partial charge is 0.252 e. The number of nitrogens with one attached hydrogen (secondary N) is 1. The Morgan fingerprint density at radius 1 is 1.26 bits per heavy atom. The Kier molecular flexibility index (Phi) is 9.39. The van der Waals surface area contributed by atoms with Crippen molar-refractivity contribution in [1.82, 2.24) is 20.1 Å². The number of anilines is 1. The molecule has 2 unspecified atom stereocenters. The van der Waals surface area contributed by atoms with E-state index in [-0.39, 0.29) is 36.5 Å². The summed E-state index contributed by atoms with van der Waals surface area (Å²) in [6.07, 6.45) is 5.71. The lowest BCUT2D eigenvalue weighted by atomic mass is 9.98. The second-order valence-corrected chi connectivity index (χ2v) is 12.7. The first-order chi connectivity index (χ1) is 20.6. The lowest BCUT2D eigenvalue weighted by Crippen LogP contribution is -2.58. The number of likely N-dealkylation sites (N-methyl/N-ethyl adjacent to an activating group) is 1. The molecule has 1 aromatic carbocycles. The van der Waals surface area contributed by atoms with Crippen molar-refractivity contribution in [3.8, 4) is 23.6 Å². The third kappa shape index (κ3) is 6.14. The zero-order valence-corrected chi connectivity index (χ0v) is 26.2. The summed E-state index contributed by atoms with van der Waals surface area (Å²) in [4.78, 5) is 38.2. The Morgan fingerprint density at radius 3 is 2.60 bits per heavy atom. The molecular formula is C31H40FN5O5S. The molecule has 3 aliphatic rings. The summed E-state index contributed by atoms with van der Waals surface area (Å²) >= 11 is 1.48. The van der Waals surface area contributed by atoms with Crippen molar-refractivity contribution in [2.45, 2.75) is 44.2 Å². The number of piperazine rings is 1. The summed E-state index contributed by atoms with van der Waals surface area (Å²) in [5.41, 5.74) is 0.968. The third-order valence-electron chi connectivity index (χ3n) is 8.64. The molecule has 0 bridgehead atoms. The van der Waals surface area contributed by atoms with Gasteiger partial charge in [0.05, 0.1) is 17.7 Å².